The first kappa shape index (κ1) is 18.2. The van der Waals surface area contributed by atoms with Crippen molar-refractivity contribution in [2.45, 2.75) is 25.2 Å². The quantitative estimate of drug-likeness (QED) is 0.346. The number of nitrogens with zero attached hydrogens (tertiary/aromatic N) is 2. The highest BCUT2D eigenvalue weighted by Crippen LogP contribution is 2.29. The summed E-state index contributed by atoms with van der Waals surface area (Å²) in [7, 11) is 3.21. The number of piperidine rings is 1. The predicted octanol–water partition coefficient (Wildman–Crippen LogP) is 0.709. The van der Waals surface area contributed by atoms with Crippen LogP contribution < -0.4 is 11.1 Å². The summed E-state index contributed by atoms with van der Waals surface area (Å²) in [5, 5.41) is 11.2. The Morgan fingerprint density at radius 2 is 1.77 bits per heavy atom. The van der Waals surface area contributed by atoms with E-state index in [2.05, 4.69) is 14.9 Å². The molecule has 1 aliphatic rings. The molecule has 0 bridgehead atoms. The Hall–Kier alpha value is -2.56. The first-order valence-electron chi connectivity index (χ1n) is 8.14. The molecule has 10 heteroatoms. The number of non-ortho nitro benzene ring substituents is 1. The maximum atomic E-state index is 11.7. The lowest BCUT2D eigenvalue weighted by atomic mass is 10.0. The molecule has 10 nitrogen and oxygen atoms in total. The molecule has 1 aromatic carbocycles. The van der Waals surface area contributed by atoms with Crippen molar-refractivity contribution >= 4 is 16.7 Å². The predicted molar refractivity (Wildman–Crippen MR) is 93.1 cm³/mol. The molecule has 1 saturated heterocycles. The molecule has 0 radical (unpaired) electrons. The van der Waals surface area contributed by atoms with Crippen molar-refractivity contribution in [3.63, 3.8) is 0 Å². The van der Waals surface area contributed by atoms with Gasteiger partial charge in [-0.2, -0.15) is 0 Å². The zero-order valence-electron chi connectivity index (χ0n) is 14.5. The molecule has 1 aromatic heterocycles. The fourth-order valence-corrected chi connectivity index (χ4v) is 3.30. The van der Waals surface area contributed by atoms with E-state index < -0.39 is 21.8 Å². The highest BCUT2D eigenvalue weighted by atomic mass is 16.7. The van der Waals surface area contributed by atoms with Crippen LogP contribution in [0.5, 0.6) is 0 Å². The average Bonchev–Trinajstić information content (AvgIpc) is 2.64. The van der Waals surface area contributed by atoms with Crippen LogP contribution in [0.2, 0.25) is 0 Å². The van der Waals surface area contributed by atoms with Gasteiger partial charge in [-0.25, -0.2) is 0 Å². The van der Waals surface area contributed by atoms with Gasteiger partial charge in [-0.05, 0) is 5.56 Å². The number of rotatable bonds is 5. The van der Waals surface area contributed by atoms with Crippen LogP contribution in [0.1, 0.15) is 18.4 Å². The van der Waals surface area contributed by atoms with E-state index in [1.807, 2.05) is 0 Å². The maximum Gasteiger partial charge on any atom is 0.314 e. The molecule has 1 fully saturated rings. The first-order chi connectivity index (χ1) is 12.4. The fraction of sp³-hybridized carbons (Fsp3) is 0.500. The summed E-state index contributed by atoms with van der Waals surface area (Å²) in [6.07, 6.45) is 1.31. The molecule has 140 valence electrons. The molecule has 0 saturated carbocycles. The summed E-state index contributed by atoms with van der Waals surface area (Å²) in [4.78, 5) is 40.9. The van der Waals surface area contributed by atoms with Gasteiger partial charge in [0.25, 0.3) is 5.69 Å². The normalized spacial score (nSPS) is 17.5. The van der Waals surface area contributed by atoms with Gasteiger partial charge in [0.05, 0.1) is 16.0 Å². The third-order valence-electron chi connectivity index (χ3n) is 4.86. The van der Waals surface area contributed by atoms with Gasteiger partial charge in [-0.1, -0.05) is 0 Å². The molecular formula is C16H20N4O6. The van der Waals surface area contributed by atoms with Crippen LogP contribution in [-0.4, -0.2) is 52.9 Å². The number of nitrogens with one attached hydrogen (secondary N) is 2. The number of likely N-dealkylation sites (tertiary alicyclic amines) is 1. The maximum absolute atomic E-state index is 11.7. The van der Waals surface area contributed by atoms with Crippen LogP contribution >= 0.6 is 0 Å². The number of H-pyrrole nitrogens is 2. The van der Waals surface area contributed by atoms with Crippen molar-refractivity contribution in [3.8, 4) is 0 Å². The SMILES string of the molecule is COC1(OC)CCN(Cc2cc([N+](=O)[O-])cc3[nH]c(=O)c(=O)[nH]c23)CC1. The minimum atomic E-state index is -0.841. The highest BCUT2D eigenvalue weighted by Gasteiger charge is 2.34. The highest BCUT2D eigenvalue weighted by molar-refractivity contribution is 5.80. The second-order valence-corrected chi connectivity index (χ2v) is 6.29. The minimum Gasteiger partial charge on any atom is -0.353 e. The lowest BCUT2D eigenvalue weighted by Gasteiger charge is -2.39. The zero-order valence-corrected chi connectivity index (χ0v) is 14.5. The Balaban J connectivity index is 1.94. The number of nitro groups is 1. The summed E-state index contributed by atoms with van der Waals surface area (Å²) in [5.41, 5.74) is -0.564. The van der Waals surface area contributed by atoms with Crippen molar-refractivity contribution < 1.29 is 14.4 Å². The number of aromatic amines is 2. The van der Waals surface area contributed by atoms with Gasteiger partial charge < -0.3 is 19.4 Å². The Morgan fingerprint density at radius 1 is 1.15 bits per heavy atom. The van der Waals surface area contributed by atoms with E-state index >= 15 is 0 Å². The van der Waals surface area contributed by atoms with E-state index in [4.69, 9.17) is 9.47 Å². The van der Waals surface area contributed by atoms with E-state index in [9.17, 15) is 19.7 Å². The van der Waals surface area contributed by atoms with E-state index in [1.165, 1.54) is 12.1 Å². The molecule has 0 spiro atoms. The van der Waals surface area contributed by atoms with Gasteiger partial charge in [0.2, 0.25) is 0 Å². The lowest BCUT2D eigenvalue weighted by Crippen LogP contribution is -2.46. The molecule has 0 amide bonds. The van der Waals surface area contributed by atoms with E-state index in [0.717, 1.165) is 0 Å². The van der Waals surface area contributed by atoms with Crippen LogP contribution in [0.15, 0.2) is 21.7 Å². The molecular weight excluding hydrogens is 344 g/mol. The molecule has 0 aliphatic carbocycles. The Morgan fingerprint density at radius 3 is 2.35 bits per heavy atom. The third kappa shape index (κ3) is 3.39. The van der Waals surface area contributed by atoms with Crippen molar-refractivity contribution in [3.05, 3.63) is 48.5 Å². The summed E-state index contributed by atoms with van der Waals surface area (Å²) < 4.78 is 10.9. The topological polar surface area (TPSA) is 131 Å². The van der Waals surface area contributed by atoms with E-state index in [1.54, 1.807) is 14.2 Å². The Bertz CT molecular complexity index is 936. The summed E-state index contributed by atoms with van der Waals surface area (Å²) >= 11 is 0. The smallest absolute Gasteiger partial charge is 0.314 e. The summed E-state index contributed by atoms with van der Waals surface area (Å²) in [6, 6.07) is 2.67. The van der Waals surface area contributed by atoms with Crippen LogP contribution in [0.4, 0.5) is 5.69 Å². The molecule has 0 atom stereocenters. The fourth-order valence-electron chi connectivity index (χ4n) is 3.30. The largest absolute Gasteiger partial charge is 0.353 e. The van der Waals surface area contributed by atoms with Gasteiger partial charge in [-0.3, -0.25) is 24.6 Å². The number of hydrogen-bond donors (Lipinski definition) is 2. The minimum absolute atomic E-state index is 0.143. The molecule has 3 rings (SSSR count). The number of nitro benzene ring substituents is 1. The van der Waals surface area contributed by atoms with Gasteiger partial charge >= 0.3 is 11.1 Å². The molecule has 1 aliphatic heterocycles. The van der Waals surface area contributed by atoms with Crippen molar-refractivity contribution in [2.75, 3.05) is 27.3 Å². The van der Waals surface area contributed by atoms with Crippen molar-refractivity contribution in [1.82, 2.24) is 14.9 Å². The number of methoxy groups -OCH3 is 2. The van der Waals surface area contributed by atoms with Gasteiger partial charge in [0.1, 0.15) is 0 Å². The number of aromatic nitrogens is 2. The van der Waals surface area contributed by atoms with Crippen LogP contribution in [-0.2, 0) is 16.0 Å². The lowest BCUT2D eigenvalue weighted by molar-refractivity contribution is -0.384. The average molecular weight is 364 g/mol. The molecule has 0 unspecified atom stereocenters. The van der Waals surface area contributed by atoms with Gasteiger partial charge in [0.15, 0.2) is 5.79 Å². The standard InChI is InChI=1S/C16H20N4O6/c1-25-16(26-2)3-5-19(6-4-16)9-10-7-11(20(23)24)8-12-13(10)18-15(22)14(21)17-12/h7-8H,3-6,9H2,1-2H3,(H,17,21)(H,18,22). The Kier molecular flexibility index (Phi) is 4.90. The first-order valence-corrected chi connectivity index (χ1v) is 8.14. The van der Waals surface area contributed by atoms with Crippen LogP contribution in [0.25, 0.3) is 11.0 Å². The second kappa shape index (κ2) is 6.98. The Labute approximate surface area is 147 Å². The number of ether oxygens (including phenoxy) is 2. The van der Waals surface area contributed by atoms with E-state index in [-0.39, 0.29) is 11.2 Å². The van der Waals surface area contributed by atoms with E-state index in [0.29, 0.717) is 43.6 Å². The zero-order chi connectivity index (χ0) is 18.9. The molecule has 2 aromatic rings. The second-order valence-electron chi connectivity index (χ2n) is 6.29. The third-order valence-corrected chi connectivity index (χ3v) is 4.86. The summed E-state index contributed by atoms with van der Waals surface area (Å²) in [6.45, 7) is 1.72. The number of fused-ring (bicyclic) bond motifs is 1. The van der Waals surface area contributed by atoms with Crippen LogP contribution in [0, 0.1) is 10.1 Å². The molecule has 26 heavy (non-hydrogen) atoms. The number of benzene rings is 1. The monoisotopic (exact) mass is 364 g/mol. The summed E-state index contributed by atoms with van der Waals surface area (Å²) in [5.74, 6) is -0.610. The molecule has 2 N–H and O–H groups in total. The van der Waals surface area contributed by atoms with Gasteiger partial charge in [-0.15, -0.1) is 0 Å². The molecule has 2 heterocycles. The van der Waals surface area contributed by atoms with Crippen molar-refractivity contribution in [2.24, 2.45) is 0 Å². The van der Waals surface area contributed by atoms with Gasteiger partial charge in [0, 0.05) is 58.8 Å². The van der Waals surface area contributed by atoms with Crippen molar-refractivity contribution in [1.29, 1.82) is 0 Å². The van der Waals surface area contributed by atoms with Crippen LogP contribution in [0.3, 0.4) is 0 Å². The number of hydrogen-bond acceptors (Lipinski definition) is 7.